The topological polar surface area (TPSA) is 113 Å². The number of aliphatic hydroxyl groups is 1. The molecule has 0 bridgehead atoms. The molecule has 1 fully saturated rings. The van der Waals surface area contributed by atoms with Gasteiger partial charge >= 0.3 is 5.97 Å². The first kappa shape index (κ1) is 12.9. The minimum absolute atomic E-state index is 0.00958. The molecular weight excluding hydrogens is 216 g/mol. The maximum absolute atomic E-state index is 11.8. The fourth-order valence-electron chi connectivity index (χ4n) is 1.77. The summed E-state index contributed by atoms with van der Waals surface area (Å²) in [5.74, 6) is -1.62. The van der Waals surface area contributed by atoms with Crippen LogP contribution < -0.4 is 5.73 Å². The van der Waals surface area contributed by atoms with Crippen molar-refractivity contribution in [1.82, 2.24) is 4.90 Å². The Kier molecular flexibility index (Phi) is 4.22. The molecule has 2 unspecified atom stereocenters. The zero-order valence-corrected chi connectivity index (χ0v) is 9.00. The number of amides is 1. The molecule has 0 radical (unpaired) electrons. The lowest BCUT2D eigenvalue weighted by atomic mass is 10.2. The Morgan fingerprint density at radius 3 is 2.69 bits per heavy atom. The number of hydrogen-bond acceptors (Lipinski definition) is 5. The van der Waals surface area contributed by atoms with Crippen LogP contribution in [-0.4, -0.2) is 65.4 Å². The number of ether oxygens (including phenoxy) is 1. The van der Waals surface area contributed by atoms with E-state index in [0.29, 0.717) is 0 Å². The zero-order chi connectivity index (χ0) is 12.3. The number of aliphatic carboxylic acids is 1. The second-order valence-electron chi connectivity index (χ2n) is 3.69. The van der Waals surface area contributed by atoms with Crippen molar-refractivity contribution < 1.29 is 24.5 Å². The number of hydrogen-bond donors (Lipinski definition) is 3. The summed E-state index contributed by atoms with van der Waals surface area (Å²) in [7, 11) is 1.33. The van der Waals surface area contributed by atoms with Crippen molar-refractivity contribution in [3.8, 4) is 0 Å². The van der Waals surface area contributed by atoms with Gasteiger partial charge in [0.1, 0.15) is 12.1 Å². The highest BCUT2D eigenvalue weighted by Crippen LogP contribution is 2.19. The number of carboxylic acids is 1. The summed E-state index contributed by atoms with van der Waals surface area (Å²) in [6.07, 6.45) is -1.62. The summed E-state index contributed by atoms with van der Waals surface area (Å²) in [4.78, 5) is 23.8. The largest absolute Gasteiger partial charge is 0.480 e. The van der Waals surface area contributed by atoms with E-state index in [9.17, 15) is 14.7 Å². The van der Waals surface area contributed by atoms with Gasteiger partial charge in [-0.2, -0.15) is 0 Å². The Hall–Kier alpha value is -1.18. The van der Waals surface area contributed by atoms with Crippen molar-refractivity contribution in [2.45, 2.75) is 24.7 Å². The standard InChI is InChI=1S/C9H16N2O5/c1-16-7(3-10)8(13)11-4-5(12)2-6(11)9(14)15/h5-7,12H,2-4,10H2,1H3,(H,14,15)/t5?,6-,7?/m0/s1. The lowest BCUT2D eigenvalue weighted by Crippen LogP contribution is -2.48. The lowest BCUT2D eigenvalue weighted by molar-refractivity contribution is -0.152. The van der Waals surface area contributed by atoms with E-state index in [1.165, 1.54) is 7.11 Å². The fourth-order valence-corrected chi connectivity index (χ4v) is 1.77. The van der Waals surface area contributed by atoms with E-state index in [-0.39, 0.29) is 19.5 Å². The van der Waals surface area contributed by atoms with Crippen LogP contribution in [0.25, 0.3) is 0 Å². The van der Waals surface area contributed by atoms with E-state index in [2.05, 4.69) is 0 Å². The molecular formula is C9H16N2O5. The molecule has 4 N–H and O–H groups in total. The molecule has 1 heterocycles. The summed E-state index contributed by atoms with van der Waals surface area (Å²) in [5, 5.41) is 18.3. The van der Waals surface area contributed by atoms with E-state index in [1.807, 2.05) is 0 Å². The van der Waals surface area contributed by atoms with Crippen LogP contribution in [0.5, 0.6) is 0 Å². The molecule has 92 valence electrons. The summed E-state index contributed by atoms with van der Waals surface area (Å²) in [5.41, 5.74) is 5.33. The molecule has 0 aromatic heterocycles. The maximum atomic E-state index is 11.8. The third-order valence-corrected chi connectivity index (χ3v) is 2.62. The molecule has 0 aliphatic carbocycles. The normalized spacial score (nSPS) is 26.8. The van der Waals surface area contributed by atoms with Gasteiger partial charge in [0.15, 0.2) is 0 Å². The molecule has 0 aromatic rings. The highest BCUT2D eigenvalue weighted by atomic mass is 16.5. The molecule has 0 spiro atoms. The highest BCUT2D eigenvalue weighted by Gasteiger charge is 2.40. The van der Waals surface area contributed by atoms with Crippen molar-refractivity contribution in [1.29, 1.82) is 0 Å². The number of carbonyl (C=O) groups is 2. The van der Waals surface area contributed by atoms with E-state index in [0.717, 1.165) is 4.90 Å². The van der Waals surface area contributed by atoms with Crippen LogP contribution in [-0.2, 0) is 14.3 Å². The van der Waals surface area contributed by atoms with Crippen LogP contribution >= 0.6 is 0 Å². The number of nitrogens with two attached hydrogens (primary N) is 1. The summed E-state index contributed by atoms with van der Waals surface area (Å²) in [6, 6.07) is -0.994. The average molecular weight is 232 g/mol. The molecule has 1 rings (SSSR count). The predicted octanol–water partition coefficient (Wildman–Crippen LogP) is -1.99. The number of methoxy groups -OCH3 is 1. The van der Waals surface area contributed by atoms with Gasteiger partial charge in [0.25, 0.3) is 5.91 Å². The van der Waals surface area contributed by atoms with Gasteiger partial charge < -0.3 is 25.6 Å². The van der Waals surface area contributed by atoms with Crippen LogP contribution in [0.3, 0.4) is 0 Å². The van der Waals surface area contributed by atoms with Crippen molar-refractivity contribution in [3.63, 3.8) is 0 Å². The molecule has 7 nitrogen and oxygen atoms in total. The van der Waals surface area contributed by atoms with Gasteiger partial charge in [-0.1, -0.05) is 0 Å². The van der Waals surface area contributed by atoms with Gasteiger partial charge in [0.2, 0.25) is 0 Å². The van der Waals surface area contributed by atoms with Crippen LogP contribution in [0.2, 0.25) is 0 Å². The molecule has 1 aliphatic heterocycles. The Balaban J connectivity index is 2.77. The summed E-state index contributed by atoms with van der Waals surface area (Å²) < 4.78 is 4.85. The first-order valence-corrected chi connectivity index (χ1v) is 4.95. The molecule has 0 aromatic carbocycles. The number of rotatable bonds is 4. The molecule has 1 amide bonds. The first-order valence-electron chi connectivity index (χ1n) is 4.95. The van der Waals surface area contributed by atoms with Crippen molar-refractivity contribution in [3.05, 3.63) is 0 Å². The lowest BCUT2D eigenvalue weighted by Gasteiger charge is -2.24. The Labute approximate surface area is 92.8 Å². The van der Waals surface area contributed by atoms with E-state index in [1.54, 1.807) is 0 Å². The second-order valence-corrected chi connectivity index (χ2v) is 3.69. The molecule has 3 atom stereocenters. The van der Waals surface area contributed by atoms with Gasteiger partial charge in [-0.05, 0) is 0 Å². The molecule has 16 heavy (non-hydrogen) atoms. The third-order valence-electron chi connectivity index (χ3n) is 2.62. The van der Waals surface area contributed by atoms with Crippen LogP contribution in [0.15, 0.2) is 0 Å². The molecule has 1 saturated heterocycles. The fraction of sp³-hybridized carbons (Fsp3) is 0.778. The maximum Gasteiger partial charge on any atom is 0.326 e. The second kappa shape index (κ2) is 5.24. The summed E-state index contributed by atoms with van der Waals surface area (Å²) in [6.45, 7) is -0.00999. The third kappa shape index (κ3) is 2.49. The smallest absolute Gasteiger partial charge is 0.326 e. The van der Waals surface area contributed by atoms with E-state index < -0.39 is 30.1 Å². The number of nitrogens with zero attached hydrogens (tertiary/aromatic N) is 1. The van der Waals surface area contributed by atoms with Crippen LogP contribution in [0.4, 0.5) is 0 Å². The van der Waals surface area contributed by atoms with Crippen LogP contribution in [0.1, 0.15) is 6.42 Å². The Morgan fingerprint density at radius 2 is 2.25 bits per heavy atom. The molecule has 7 heteroatoms. The minimum atomic E-state index is -1.13. The minimum Gasteiger partial charge on any atom is -0.480 e. The van der Waals surface area contributed by atoms with Crippen LogP contribution in [0, 0.1) is 0 Å². The van der Waals surface area contributed by atoms with E-state index >= 15 is 0 Å². The first-order chi connectivity index (χ1) is 7.51. The SMILES string of the molecule is COC(CN)C(=O)N1CC(O)C[C@H]1C(=O)O. The predicted molar refractivity (Wildman–Crippen MR) is 53.6 cm³/mol. The molecule has 1 aliphatic rings. The van der Waals surface area contributed by atoms with Crippen molar-refractivity contribution in [2.24, 2.45) is 5.73 Å². The number of β-amino-alcohol motifs (C(OH)–C–C–N with tert-alkyl or cyclic N) is 1. The number of carboxylic acid groups (broad SMARTS) is 1. The van der Waals surface area contributed by atoms with E-state index in [4.69, 9.17) is 15.6 Å². The number of aliphatic hydroxyl groups excluding tert-OH is 1. The zero-order valence-electron chi connectivity index (χ0n) is 9.00. The molecule has 0 saturated carbocycles. The van der Waals surface area contributed by atoms with Crippen molar-refractivity contribution in [2.75, 3.05) is 20.2 Å². The monoisotopic (exact) mass is 232 g/mol. The number of likely N-dealkylation sites (tertiary alicyclic amines) is 1. The Bertz CT molecular complexity index is 279. The average Bonchev–Trinajstić information content (AvgIpc) is 2.62. The van der Waals surface area contributed by atoms with Gasteiger partial charge in [-0.25, -0.2) is 4.79 Å². The van der Waals surface area contributed by atoms with Gasteiger partial charge in [-0.15, -0.1) is 0 Å². The summed E-state index contributed by atoms with van der Waals surface area (Å²) >= 11 is 0. The van der Waals surface area contributed by atoms with Gasteiger partial charge in [-0.3, -0.25) is 4.79 Å². The van der Waals surface area contributed by atoms with Gasteiger partial charge in [0, 0.05) is 26.6 Å². The number of carbonyl (C=O) groups excluding carboxylic acids is 1. The van der Waals surface area contributed by atoms with Crippen molar-refractivity contribution >= 4 is 11.9 Å². The quantitative estimate of drug-likeness (QED) is 0.517. The Morgan fingerprint density at radius 1 is 1.62 bits per heavy atom. The highest BCUT2D eigenvalue weighted by molar-refractivity contribution is 5.87. The van der Waals surface area contributed by atoms with Gasteiger partial charge in [0.05, 0.1) is 6.10 Å².